The van der Waals surface area contributed by atoms with Gasteiger partial charge in [-0.05, 0) is 42.7 Å². The molecule has 0 saturated carbocycles. The van der Waals surface area contributed by atoms with Crippen LogP contribution in [0.3, 0.4) is 0 Å². The first-order valence-corrected chi connectivity index (χ1v) is 8.81. The van der Waals surface area contributed by atoms with Gasteiger partial charge in [-0.3, -0.25) is 4.99 Å². The number of hydrogen-bond acceptors (Lipinski definition) is 2. The van der Waals surface area contributed by atoms with Gasteiger partial charge in [0.25, 0.3) is 0 Å². The minimum absolute atomic E-state index is 0.796. The number of benzene rings is 1. The summed E-state index contributed by atoms with van der Waals surface area (Å²) in [5, 5.41) is 3.50. The van der Waals surface area contributed by atoms with Gasteiger partial charge < -0.3 is 15.0 Å². The van der Waals surface area contributed by atoms with Crippen molar-refractivity contribution in [3.8, 4) is 0 Å². The first kappa shape index (κ1) is 17.8. The molecule has 0 aliphatic carbocycles. The molecule has 1 aliphatic heterocycles. The van der Waals surface area contributed by atoms with E-state index in [1.54, 1.807) is 0 Å². The third-order valence-electron chi connectivity index (χ3n) is 4.72. The summed E-state index contributed by atoms with van der Waals surface area (Å²) in [6, 6.07) is 8.61. The molecular formula is C19H31N3O. The first-order valence-electron chi connectivity index (χ1n) is 8.81. The number of hydrogen-bond donors (Lipinski definition) is 1. The van der Waals surface area contributed by atoms with Crippen molar-refractivity contribution in [3.63, 3.8) is 0 Å². The largest absolute Gasteiger partial charge is 0.381 e. The normalized spacial score (nSPS) is 16.4. The predicted octanol–water partition coefficient (Wildman–Crippen LogP) is 3.07. The summed E-state index contributed by atoms with van der Waals surface area (Å²) in [5.41, 5.74) is 2.76. The average molecular weight is 317 g/mol. The Balaban J connectivity index is 1.81. The van der Waals surface area contributed by atoms with Crippen LogP contribution in [0, 0.1) is 5.92 Å². The summed E-state index contributed by atoms with van der Waals surface area (Å²) in [6.45, 7) is 5.93. The van der Waals surface area contributed by atoms with Crippen LogP contribution in [0.1, 0.15) is 37.3 Å². The van der Waals surface area contributed by atoms with E-state index in [2.05, 4.69) is 53.4 Å². The second-order valence-corrected chi connectivity index (χ2v) is 6.29. The Kier molecular flexibility index (Phi) is 7.40. The molecule has 0 unspecified atom stereocenters. The van der Waals surface area contributed by atoms with Gasteiger partial charge in [0.05, 0.1) is 0 Å². The molecule has 0 amide bonds. The molecule has 1 fully saturated rings. The highest BCUT2D eigenvalue weighted by atomic mass is 16.5. The van der Waals surface area contributed by atoms with Crippen LogP contribution in [-0.4, -0.2) is 44.7 Å². The molecule has 0 bridgehead atoms. The summed E-state index contributed by atoms with van der Waals surface area (Å²) < 4.78 is 5.43. The van der Waals surface area contributed by atoms with Gasteiger partial charge in [-0.2, -0.15) is 0 Å². The Labute approximate surface area is 140 Å². The van der Waals surface area contributed by atoms with E-state index in [4.69, 9.17) is 4.74 Å². The van der Waals surface area contributed by atoms with Gasteiger partial charge in [0, 0.05) is 40.4 Å². The van der Waals surface area contributed by atoms with E-state index in [0.717, 1.165) is 44.6 Å². The maximum atomic E-state index is 5.43. The Morgan fingerprint density at radius 1 is 1.26 bits per heavy atom. The topological polar surface area (TPSA) is 36.9 Å². The molecule has 4 nitrogen and oxygen atoms in total. The van der Waals surface area contributed by atoms with Gasteiger partial charge in [0.2, 0.25) is 0 Å². The molecule has 128 valence electrons. The molecule has 0 radical (unpaired) electrons. The fourth-order valence-corrected chi connectivity index (χ4v) is 3.15. The number of nitrogens with one attached hydrogen (secondary N) is 1. The van der Waals surface area contributed by atoms with E-state index in [-0.39, 0.29) is 0 Å². The summed E-state index contributed by atoms with van der Waals surface area (Å²) in [7, 11) is 3.99. The predicted molar refractivity (Wildman–Crippen MR) is 96.8 cm³/mol. The number of rotatable bonds is 6. The lowest BCUT2D eigenvalue weighted by atomic mass is 9.96. The quantitative estimate of drug-likeness (QED) is 0.647. The zero-order valence-corrected chi connectivity index (χ0v) is 14.8. The van der Waals surface area contributed by atoms with Crippen LogP contribution in [0.25, 0.3) is 0 Å². The summed E-state index contributed by atoms with van der Waals surface area (Å²) in [4.78, 5) is 6.67. The van der Waals surface area contributed by atoms with Gasteiger partial charge in [-0.1, -0.05) is 31.2 Å². The van der Waals surface area contributed by atoms with Crippen LogP contribution in [0.2, 0.25) is 0 Å². The molecule has 2 rings (SSSR count). The molecule has 0 spiro atoms. The Morgan fingerprint density at radius 2 is 1.96 bits per heavy atom. The number of aryl methyl sites for hydroxylation is 1. The van der Waals surface area contributed by atoms with Gasteiger partial charge >= 0.3 is 0 Å². The molecule has 23 heavy (non-hydrogen) atoms. The number of aliphatic imine (C=N–C) groups is 1. The van der Waals surface area contributed by atoms with Crippen molar-refractivity contribution in [3.05, 3.63) is 35.4 Å². The van der Waals surface area contributed by atoms with Crippen molar-refractivity contribution in [1.82, 2.24) is 10.2 Å². The van der Waals surface area contributed by atoms with Crippen LogP contribution < -0.4 is 5.32 Å². The Morgan fingerprint density at radius 3 is 2.61 bits per heavy atom. The van der Waals surface area contributed by atoms with E-state index < -0.39 is 0 Å². The molecule has 1 heterocycles. The summed E-state index contributed by atoms with van der Waals surface area (Å²) in [5.74, 6) is 1.77. The molecule has 1 saturated heterocycles. The van der Waals surface area contributed by atoms with Crippen LogP contribution in [0.15, 0.2) is 29.3 Å². The SMILES string of the molecule is CCc1ccccc1CNC(=NC)N(C)CCC1CCOCC1. The van der Waals surface area contributed by atoms with Crippen molar-refractivity contribution in [2.24, 2.45) is 10.9 Å². The molecule has 0 atom stereocenters. The number of guanidine groups is 1. The van der Waals surface area contributed by atoms with E-state index in [1.807, 2.05) is 7.05 Å². The Bertz CT molecular complexity index is 495. The van der Waals surface area contributed by atoms with Gasteiger partial charge in [0.15, 0.2) is 5.96 Å². The number of ether oxygens (including phenoxy) is 1. The minimum Gasteiger partial charge on any atom is -0.381 e. The van der Waals surface area contributed by atoms with Gasteiger partial charge in [0.1, 0.15) is 0 Å². The lowest BCUT2D eigenvalue weighted by Gasteiger charge is -2.27. The molecule has 4 heteroatoms. The van der Waals surface area contributed by atoms with Gasteiger partial charge in [-0.25, -0.2) is 0 Å². The molecular weight excluding hydrogens is 286 g/mol. The summed E-state index contributed by atoms with van der Waals surface area (Å²) in [6.07, 6.45) is 4.68. The smallest absolute Gasteiger partial charge is 0.193 e. The fraction of sp³-hybridized carbons (Fsp3) is 0.632. The third-order valence-corrected chi connectivity index (χ3v) is 4.72. The van der Waals surface area contributed by atoms with Crippen molar-refractivity contribution in [2.45, 2.75) is 39.2 Å². The maximum absolute atomic E-state index is 5.43. The standard InChI is InChI=1S/C19H31N3O/c1-4-17-7-5-6-8-18(17)15-21-19(20-2)22(3)12-9-16-10-13-23-14-11-16/h5-8,16H,4,9-15H2,1-3H3,(H,20,21). The lowest BCUT2D eigenvalue weighted by Crippen LogP contribution is -2.39. The Hall–Kier alpha value is -1.55. The molecule has 1 N–H and O–H groups in total. The average Bonchev–Trinajstić information content (AvgIpc) is 2.61. The van der Waals surface area contributed by atoms with Crippen molar-refractivity contribution < 1.29 is 4.74 Å². The van der Waals surface area contributed by atoms with Crippen LogP contribution in [-0.2, 0) is 17.7 Å². The van der Waals surface area contributed by atoms with E-state index in [0.29, 0.717) is 0 Å². The zero-order chi connectivity index (χ0) is 16.5. The molecule has 1 aromatic carbocycles. The van der Waals surface area contributed by atoms with Crippen molar-refractivity contribution in [2.75, 3.05) is 33.9 Å². The highest BCUT2D eigenvalue weighted by Gasteiger charge is 2.15. The second kappa shape index (κ2) is 9.56. The van der Waals surface area contributed by atoms with E-state index in [9.17, 15) is 0 Å². The van der Waals surface area contributed by atoms with Crippen molar-refractivity contribution in [1.29, 1.82) is 0 Å². The molecule has 1 aliphatic rings. The summed E-state index contributed by atoms with van der Waals surface area (Å²) >= 11 is 0. The highest BCUT2D eigenvalue weighted by molar-refractivity contribution is 5.79. The fourth-order valence-electron chi connectivity index (χ4n) is 3.15. The second-order valence-electron chi connectivity index (χ2n) is 6.29. The number of nitrogens with zero attached hydrogens (tertiary/aromatic N) is 2. The van der Waals surface area contributed by atoms with Crippen LogP contribution >= 0.6 is 0 Å². The van der Waals surface area contributed by atoms with Gasteiger partial charge in [-0.15, -0.1) is 0 Å². The van der Waals surface area contributed by atoms with E-state index in [1.165, 1.54) is 30.4 Å². The zero-order valence-electron chi connectivity index (χ0n) is 14.8. The molecule has 1 aromatic rings. The van der Waals surface area contributed by atoms with Crippen molar-refractivity contribution >= 4 is 5.96 Å². The van der Waals surface area contributed by atoms with Crippen LogP contribution in [0.4, 0.5) is 0 Å². The third kappa shape index (κ3) is 5.54. The highest BCUT2D eigenvalue weighted by Crippen LogP contribution is 2.18. The van der Waals surface area contributed by atoms with E-state index >= 15 is 0 Å². The first-order chi connectivity index (χ1) is 11.2. The monoisotopic (exact) mass is 317 g/mol. The lowest BCUT2D eigenvalue weighted by molar-refractivity contribution is 0.0625. The molecule has 0 aromatic heterocycles. The van der Waals surface area contributed by atoms with Crippen LogP contribution in [0.5, 0.6) is 0 Å². The maximum Gasteiger partial charge on any atom is 0.193 e. The minimum atomic E-state index is 0.796.